The fourth-order valence-corrected chi connectivity index (χ4v) is 2.01. The van der Waals surface area contributed by atoms with E-state index in [-0.39, 0.29) is 5.92 Å². The van der Waals surface area contributed by atoms with E-state index in [1.807, 2.05) is 31.5 Å². The van der Waals surface area contributed by atoms with Crippen LogP contribution in [0.15, 0.2) is 42.7 Å². The predicted molar refractivity (Wildman–Crippen MR) is 69.3 cm³/mol. The second-order valence-electron chi connectivity index (χ2n) is 3.94. The van der Waals surface area contributed by atoms with Crippen LogP contribution in [-0.2, 0) is 0 Å². The maximum absolute atomic E-state index is 5.87. The number of aromatic nitrogens is 1. The van der Waals surface area contributed by atoms with Crippen LogP contribution in [0.25, 0.3) is 0 Å². The van der Waals surface area contributed by atoms with E-state index < -0.39 is 0 Å². The molecule has 0 aliphatic heterocycles. The van der Waals surface area contributed by atoms with Gasteiger partial charge in [-0.2, -0.15) is 0 Å². The van der Waals surface area contributed by atoms with Gasteiger partial charge in [-0.05, 0) is 36.2 Å². The lowest BCUT2D eigenvalue weighted by molar-refractivity contribution is 0.340. The van der Waals surface area contributed by atoms with Crippen LogP contribution >= 0.6 is 0 Å². The Hall–Kier alpha value is -1.74. The number of benzene rings is 1. The number of hydrogen-bond acceptors (Lipinski definition) is 2. The first kappa shape index (κ1) is 11.7. The van der Waals surface area contributed by atoms with Crippen LogP contribution in [0.1, 0.15) is 24.0 Å². The molecule has 0 amide bonds. The average molecular weight is 230 g/mol. The normalized spacial score (nSPS) is 12.4. The van der Waals surface area contributed by atoms with E-state index in [1.165, 1.54) is 11.1 Å². The highest BCUT2D eigenvalue weighted by Gasteiger charge is 2.13. The summed E-state index contributed by atoms with van der Waals surface area (Å²) in [6.07, 6.45) is 3.91. The third kappa shape index (κ3) is 2.68. The molecule has 2 rings (SSSR count). The maximum atomic E-state index is 5.87. The van der Waals surface area contributed by atoms with Gasteiger partial charge in [-0.25, -0.2) is 0 Å². The van der Waals surface area contributed by atoms with Crippen LogP contribution in [0.3, 0.4) is 0 Å². The molecule has 3 nitrogen and oxygen atoms in total. The molecule has 3 N–H and O–H groups in total. The number of aromatic amines is 1. The third-order valence-electron chi connectivity index (χ3n) is 2.83. The van der Waals surface area contributed by atoms with E-state index in [1.54, 1.807) is 0 Å². The molecular formula is C14H18N2O. The standard InChI is InChI=1S/C14H18N2O/c1-2-17-13-5-3-4-11(8-13)14(9-15)12-6-7-16-10-12/h3-8,10,14,16H,2,9,15H2,1H3. The molecule has 1 atom stereocenters. The molecule has 1 aromatic heterocycles. The molecule has 90 valence electrons. The first-order chi connectivity index (χ1) is 8.35. The summed E-state index contributed by atoms with van der Waals surface area (Å²) in [5.74, 6) is 1.13. The predicted octanol–water partition coefficient (Wildman–Crippen LogP) is 2.50. The van der Waals surface area contributed by atoms with Gasteiger partial charge in [-0.3, -0.25) is 0 Å². The molecule has 0 saturated heterocycles. The van der Waals surface area contributed by atoms with Gasteiger partial charge in [0.15, 0.2) is 0 Å². The third-order valence-corrected chi connectivity index (χ3v) is 2.83. The summed E-state index contributed by atoms with van der Waals surface area (Å²) in [7, 11) is 0. The lowest BCUT2D eigenvalue weighted by Crippen LogP contribution is -2.13. The van der Waals surface area contributed by atoms with Gasteiger partial charge in [0, 0.05) is 24.9 Å². The number of H-pyrrole nitrogens is 1. The van der Waals surface area contributed by atoms with Crippen molar-refractivity contribution in [2.24, 2.45) is 5.73 Å². The molecule has 1 heterocycles. The van der Waals surface area contributed by atoms with Crippen molar-refractivity contribution >= 4 is 0 Å². The molecule has 2 aromatic rings. The van der Waals surface area contributed by atoms with Crippen LogP contribution in [-0.4, -0.2) is 18.1 Å². The Balaban J connectivity index is 2.28. The molecule has 1 aromatic carbocycles. The molecule has 0 aliphatic carbocycles. The largest absolute Gasteiger partial charge is 0.494 e. The van der Waals surface area contributed by atoms with E-state index in [9.17, 15) is 0 Å². The summed E-state index contributed by atoms with van der Waals surface area (Å²) in [5, 5.41) is 0. The van der Waals surface area contributed by atoms with Crippen molar-refractivity contribution in [2.45, 2.75) is 12.8 Å². The number of nitrogens with two attached hydrogens (primary N) is 1. The highest BCUT2D eigenvalue weighted by Crippen LogP contribution is 2.26. The number of hydrogen-bond donors (Lipinski definition) is 2. The zero-order valence-electron chi connectivity index (χ0n) is 10.0. The minimum Gasteiger partial charge on any atom is -0.494 e. The second-order valence-corrected chi connectivity index (χ2v) is 3.94. The van der Waals surface area contributed by atoms with Gasteiger partial charge >= 0.3 is 0 Å². The van der Waals surface area contributed by atoms with E-state index in [0.29, 0.717) is 13.2 Å². The highest BCUT2D eigenvalue weighted by molar-refractivity contribution is 5.36. The fraction of sp³-hybridized carbons (Fsp3) is 0.286. The summed E-state index contributed by atoms with van der Waals surface area (Å²) < 4.78 is 5.51. The van der Waals surface area contributed by atoms with Crippen molar-refractivity contribution in [1.29, 1.82) is 0 Å². The zero-order chi connectivity index (χ0) is 12.1. The molecule has 0 radical (unpaired) electrons. The van der Waals surface area contributed by atoms with Crippen molar-refractivity contribution in [1.82, 2.24) is 4.98 Å². The van der Waals surface area contributed by atoms with Crippen molar-refractivity contribution in [3.05, 3.63) is 53.9 Å². The Bertz CT molecular complexity index is 451. The molecule has 1 unspecified atom stereocenters. The summed E-state index contributed by atoms with van der Waals surface area (Å²) in [6.45, 7) is 3.26. The lowest BCUT2D eigenvalue weighted by Gasteiger charge is -2.15. The quantitative estimate of drug-likeness (QED) is 0.829. The molecular weight excluding hydrogens is 212 g/mol. The molecule has 0 fully saturated rings. The Morgan fingerprint density at radius 2 is 2.18 bits per heavy atom. The lowest BCUT2D eigenvalue weighted by atomic mass is 9.93. The molecule has 0 saturated carbocycles. The van der Waals surface area contributed by atoms with E-state index >= 15 is 0 Å². The topological polar surface area (TPSA) is 51.0 Å². The van der Waals surface area contributed by atoms with Gasteiger partial charge in [0.25, 0.3) is 0 Å². The summed E-state index contributed by atoms with van der Waals surface area (Å²) >= 11 is 0. The van der Waals surface area contributed by atoms with E-state index in [4.69, 9.17) is 10.5 Å². The van der Waals surface area contributed by atoms with Crippen LogP contribution in [0, 0.1) is 0 Å². The number of ether oxygens (including phenoxy) is 1. The molecule has 0 spiro atoms. The fourth-order valence-electron chi connectivity index (χ4n) is 2.01. The Morgan fingerprint density at radius 3 is 2.82 bits per heavy atom. The maximum Gasteiger partial charge on any atom is 0.119 e. The van der Waals surface area contributed by atoms with Crippen molar-refractivity contribution in [3.8, 4) is 5.75 Å². The highest BCUT2D eigenvalue weighted by atomic mass is 16.5. The summed E-state index contributed by atoms with van der Waals surface area (Å²) in [4.78, 5) is 3.07. The smallest absolute Gasteiger partial charge is 0.119 e. The first-order valence-corrected chi connectivity index (χ1v) is 5.90. The Kier molecular flexibility index (Phi) is 3.83. The van der Waals surface area contributed by atoms with Crippen LogP contribution in [0.2, 0.25) is 0 Å². The van der Waals surface area contributed by atoms with Gasteiger partial charge in [-0.15, -0.1) is 0 Å². The number of rotatable bonds is 5. The Morgan fingerprint density at radius 1 is 1.29 bits per heavy atom. The monoisotopic (exact) mass is 230 g/mol. The minimum atomic E-state index is 0.224. The van der Waals surface area contributed by atoms with Crippen LogP contribution < -0.4 is 10.5 Å². The molecule has 0 aliphatic rings. The van der Waals surface area contributed by atoms with E-state index in [2.05, 4.69) is 23.2 Å². The summed E-state index contributed by atoms with van der Waals surface area (Å²) in [6, 6.07) is 10.2. The van der Waals surface area contributed by atoms with Gasteiger partial charge in [0.2, 0.25) is 0 Å². The SMILES string of the molecule is CCOc1cccc(C(CN)c2cc[nH]c2)c1. The summed E-state index contributed by atoms with van der Waals surface area (Å²) in [5.41, 5.74) is 8.27. The van der Waals surface area contributed by atoms with Gasteiger partial charge in [0.05, 0.1) is 6.61 Å². The second kappa shape index (κ2) is 5.55. The molecule has 0 bridgehead atoms. The van der Waals surface area contributed by atoms with Crippen LogP contribution in [0.4, 0.5) is 0 Å². The molecule has 3 heteroatoms. The van der Waals surface area contributed by atoms with Crippen molar-refractivity contribution < 1.29 is 4.74 Å². The van der Waals surface area contributed by atoms with Crippen molar-refractivity contribution in [3.63, 3.8) is 0 Å². The van der Waals surface area contributed by atoms with Gasteiger partial charge in [-0.1, -0.05) is 12.1 Å². The van der Waals surface area contributed by atoms with Crippen molar-refractivity contribution in [2.75, 3.05) is 13.2 Å². The number of nitrogens with one attached hydrogen (secondary N) is 1. The molecule has 17 heavy (non-hydrogen) atoms. The van der Waals surface area contributed by atoms with Crippen LogP contribution in [0.5, 0.6) is 5.75 Å². The average Bonchev–Trinajstić information content (AvgIpc) is 2.85. The van der Waals surface area contributed by atoms with Gasteiger partial charge in [0.1, 0.15) is 5.75 Å². The Labute approximate surface area is 102 Å². The van der Waals surface area contributed by atoms with Gasteiger partial charge < -0.3 is 15.5 Å². The first-order valence-electron chi connectivity index (χ1n) is 5.90. The van der Waals surface area contributed by atoms with E-state index in [0.717, 1.165) is 5.75 Å². The zero-order valence-corrected chi connectivity index (χ0v) is 10.0. The minimum absolute atomic E-state index is 0.224.